The Morgan fingerprint density at radius 1 is 1.19 bits per heavy atom. The van der Waals surface area contributed by atoms with Gasteiger partial charge in [-0.1, -0.05) is 11.3 Å². The molecule has 3 aromatic heterocycles. The number of hydrogen-bond donors (Lipinski definition) is 3. The van der Waals surface area contributed by atoms with Gasteiger partial charge >= 0.3 is 0 Å². The molecule has 3 N–H and O–H groups in total. The first kappa shape index (κ1) is 18.2. The summed E-state index contributed by atoms with van der Waals surface area (Å²) < 4.78 is 0. The summed E-state index contributed by atoms with van der Waals surface area (Å²) in [6.45, 7) is -0.00373. The standard InChI is InChI=1S/C17H19N5O3S2/c23-8-7-13-21-22-17(27-13)20-12(24)6-5-11-18-15(25)14-9-3-1-2-4-10(9)26-16(14)19-11/h23H,1-8H2,(H,18,19,25)(H,20,22,24). The topological polar surface area (TPSA) is 121 Å². The number of anilines is 1. The Morgan fingerprint density at radius 3 is 2.89 bits per heavy atom. The lowest BCUT2D eigenvalue weighted by atomic mass is 9.97. The number of carbonyl (C=O) groups excluding carboxylic acids is 1. The molecule has 0 bridgehead atoms. The second-order valence-electron chi connectivity index (χ2n) is 6.43. The molecule has 0 atom stereocenters. The van der Waals surface area contributed by atoms with E-state index >= 15 is 0 Å². The number of fused-ring (bicyclic) bond motifs is 3. The predicted octanol–water partition coefficient (Wildman–Crippen LogP) is 1.82. The maximum absolute atomic E-state index is 12.5. The molecular weight excluding hydrogens is 386 g/mol. The molecular formula is C17H19N5O3S2. The van der Waals surface area contributed by atoms with Crippen molar-refractivity contribution < 1.29 is 9.90 Å². The Bertz CT molecular complexity index is 1040. The molecule has 0 aromatic carbocycles. The van der Waals surface area contributed by atoms with Gasteiger partial charge in [0.25, 0.3) is 5.56 Å². The van der Waals surface area contributed by atoms with Crippen LogP contribution >= 0.6 is 22.7 Å². The Kier molecular flexibility index (Phi) is 5.28. The average molecular weight is 406 g/mol. The van der Waals surface area contributed by atoms with Gasteiger partial charge in [0, 0.05) is 30.7 Å². The summed E-state index contributed by atoms with van der Waals surface area (Å²) in [5.74, 6) is 0.314. The summed E-state index contributed by atoms with van der Waals surface area (Å²) >= 11 is 2.84. The summed E-state index contributed by atoms with van der Waals surface area (Å²) in [5, 5.41) is 21.2. The maximum Gasteiger partial charge on any atom is 0.259 e. The lowest BCUT2D eigenvalue weighted by Gasteiger charge is -2.09. The first-order valence-electron chi connectivity index (χ1n) is 8.90. The monoisotopic (exact) mass is 405 g/mol. The number of aliphatic hydroxyl groups excluding tert-OH is 1. The van der Waals surface area contributed by atoms with Crippen molar-refractivity contribution in [2.75, 3.05) is 11.9 Å². The second kappa shape index (κ2) is 7.83. The lowest BCUT2D eigenvalue weighted by Crippen LogP contribution is -2.16. The number of amides is 1. The van der Waals surface area contributed by atoms with E-state index < -0.39 is 0 Å². The van der Waals surface area contributed by atoms with E-state index in [1.165, 1.54) is 16.2 Å². The maximum atomic E-state index is 12.5. The van der Waals surface area contributed by atoms with Crippen molar-refractivity contribution in [3.05, 3.63) is 31.6 Å². The Labute approximate surface area is 162 Å². The van der Waals surface area contributed by atoms with E-state index in [1.54, 1.807) is 11.3 Å². The first-order chi connectivity index (χ1) is 13.1. The fourth-order valence-electron chi connectivity index (χ4n) is 3.24. The van der Waals surface area contributed by atoms with Crippen LogP contribution in [0.3, 0.4) is 0 Å². The third-order valence-corrected chi connectivity index (χ3v) is 6.59. The molecule has 0 unspecified atom stereocenters. The number of aromatic amines is 1. The number of H-pyrrole nitrogens is 1. The van der Waals surface area contributed by atoms with Gasteiger partial charge in [-0.2, -0.15) is 0 Å². The van der Waals surface area contributed by atoms with Crippen molar-refractivity contribution in [3.8, 4) is 0 Å². The minimum atomic E-state index is -0.213. The highest BCUT2D eigenvalue weighted by atomic mass is 32.1. The van der Waals surface area contributed by atoms with Crippen molar-refractivity contribution in [1.29, 1.82) is 0 Å². The van der Waals surface area contributed by atoms with Gasteiger partial charge in [0.1, 0.15) is 15.7 Å². The van der Waals surface area contributed by atoms with Crippen LogP contribution < -0.4 is 10.9 Å². The molecule has 0 radical (unpaired) electrons. The van der Waals surface area contributed by atoms with Crippen LogP contribution in [0.15, 0.2) is 4.79 Å². The molecule has 10 heteroatoms. The smallest absolute Gasteiger partial charge is 0.259 e. The Hall–Kier alpha value is -2.17. The van der Waals surface area contributed by atoms with Gasteiger partial charge in [-0.15, -0.1) is 21.5 Å². The van der Waals surface area contributed by atoms with Crippen molar-refractivity contribution in [2.24, 2.45) is 0 Å². The summed E-state index contributed by atoms with van der Waals surface area (Å²) in [6.07, 6.45) is 5.21. The first-order valence-corrected chi connectivity index (χ1v) is 10.5. The highest BCUT2D eigenvalue weighted by Crippen LogP contribution is 2.33. The van der Waals surface area contributed by atoms with Crippen LogP contribution in [0.2, 0.25) is 0 Å². The van der Waals surface area contributed by atoms with Crippen LogP contribution in [0.5, 0.6) is 0 Å². The van der Waals surface area contributed by atoms with E-state index in [4.69, 9.17) is 5.11 Å². The zero-order valence-corrected chi connectivity index (χ0v) is 16.2. The molecule has 1 aliphatic carbocycles. The van der Waals surface area contributed by atoms with Crippen molar-refractivity contribution in [2.45, 2.75) is 44.9 Å². The van der Waals surface area contributed by atoms with Crippen LogP contribution in [-0.2, 0) is 30.5 Å². The molecule has 0 saturated heterocycles. The van der Waals surface area contributed by atoms with Gasteiger partial charge in [0.15, 0.2) is 0 Å². The molecule has 0 fully saturated rings. The van der Waals surface area contributed by atoms with E-state index in [9.17, 15) is 9.59 Å². The van der Waals surface area contributed by atoms with Crippen LogP contribution in [0.1, 0.15) is 40.5 Å². The molecule has 0 aliphatic heterocycles. The molecule has 0 saturated carbocycles. The third-order valence-electron chi connectivity index (χ3n) is 4.50. The van der Waals surface area contributed by atoms with E-state index in [1.807, 2.05) is 0 Å². The number of aromatic nitrogens is 4. The summed E-state index contributed by atoms with van der Waals surface area (Å²) in [7, 11) is 0. The molecule has 4 rings (SSSR count). The van der Waals surface area contributed by atoms with Crippen LogP contribution in [0.25, 0.3) is 10.2 Å². The highest BCUT2D eigenvalue weighted by Gasteiger charge is 2.20. The van der Waals surface area contributed by atoms with Crippen LogP contribution in [0.4, 0.5) is 5.13 Å². The number of aliphatic hydroxyl groups is 1. The van der Waals surface area contributed by atoms with Gasteiger partial charge < -0.3 is 15.4 Å². The quantitative estimate of drug-likeness (QED) is 0.575. The highest BCUT2D eigenvalue weighted by molar-refractivity contribution is 7.18. The second-order valence-corrected chi connectivity index (χ2v) is 8.57. The van der Waals surface area contributed by atoms with Gasteiger partial charge in [-0.25, -0.2) is 4.98 Å². The van der Waals surface area contributed by atoms with Gasteiger partial charge in [-0.05, 0) is 31.2 Å². The van der Waals surface area contributed by atoms with E-state index in [0.29, 0.717) is 28.8 Å². The number of thiophene rings is 1. The van der Waals surface area contributed by atoms with E-state index in [2.05, 4.69) is 25.5 Å². The summed E-state index contributed by atoms with van der Waals surface area (Å²) in [4.78, 5) is 34.1. The number of aryl methyl sites for hydroxylation is 3. The molecule has 27 heavy (non-hydrogen) atoms. The number of hydrogen-bond acceptors (Lipinski definition) is 8. The molecule has 1 aliphatic rings. The molecule has 0 spiro atoms. The van der Waals surface area contributed by atoms with Crippen molar-refractivity contribution >= 4 is 43.9 Å². The normalized spacial score (nSPS) is 13.7. The minimum Gasteiger partial charge on any atom is -0.396 e. The lowest BCUT2D eigenvalue weighted by molar-refractivity contribution is -0.116. The summed E-state index contributed by atoms with van der Waals surface area (Å²) in [6, 6.07) is 0. The fraction of sp³-hybridized carbons (Fsp3) is 0.471. The van der Waals surface area contributed by atoms with Crippen LogP contribution in [0, 0.1) is 0 Å². The Morgan fingerprint density at radius 2 is 2.04 bits per heavy atom. The fourth-order valence-corrected chi connectivity index (χ4v) is 5.27. The molecule has 3 heterocycles. The van der Waals surface area contributed by atoms with Gasteiger partial charge in [-0.3, -0.25) is 9.59 Å². The van der Waals surface area contributed by atoms with Crippen molar-refractivity contribution in [1.82, 2.24) is 20.2 Å². The van der Waals surface area contributed by atoms with Crippen molar-refractivity contribution in [3.63, 3.8) is 0 Å². The number of nitrogens with zero attached hydrogens (tertiary/aromatic N) is 3. The van der Waals surface area contributed by atoms with Crippen LogP contribution in [-0.4, -0.2) is 37.8 Å². The molecule has 142 valence electrons. The zero-order valence-electron chi connectivity index (χ0n) is 14.6. The Balaban J connectivity index is 1.44. The molecule has 1 amide bonds. The van der Waals surface area contributed by atoms with Gasteiger partial charge in [0.05, 0.1) is 5.39 Å². The minimum absolute atomic E-state index is 0.00373. The third kappa shape index (κ3) is 3.92. The summed E-state index contributed by atoms with van der Waals surface area (Å²) in [5.41, 5.74) is 1.06. The molecule has 3 aromatic rings. The SMILES string of the molecule is O=C(CCc1nc2sc3c(c2c(=O)[nH]1)CCCC3)Nc1nnc(CCO)s1. The number of carbonyl (C=O) groups is 1. The van der Waals surface area contributed by atoms with E-state index in [0.717, 1.165) is 41.5 Å². The number of nitrogens with one attached hydrogen (secondary N) is 2. The average Bonchev–Trinajstić information content (AvgIpc) is 3.24. The largest absolute Gasteiger partial charge is 0.396 e. The van der Waals surface area contributed by atoms with E-state index in [-0.39, 0.29) is 24.5 Å². The zero-order chi connectivity index (χ0) is 18.8. The van der Waals surface area contributed by atoms with Gasteiger partial charge in [0.2, 0.25) is 11.0 Å². The number of rotatable bonds is 6. The molecule has 8 nitrogen and oxygen atoms in total. The predicted molar refractivity (Wildman–Crippen MR) is 105 cm³/mol.